The molecule has 1 fully saturated rings. The molecule has 0 aromatic heterocycles. The molecule has 1 atom stereocenters. The van der Waals surface area contributed by atoms with Crippen LogP contribution in [0.4, 0.5) is 0 Å². The smallest absolute Gasteiger partial charge is 0.251 e. The van der Waals surface area contributed by atoms with Crippen LogP contribution in [0.3, 0.4) is 0 Å². The van der Waals surface area contributed by atoms with Gasteiger partial charge in [0.2, 0.25) is 0 Å². The Labute approximate surface area is 108 Å². The summed E-state index contributed by atoms with van der Waals surface area (Å²) in [6.07, 6.45) is 1.07. The quantitative estimate of drug-likeness (QED) is 0.839. The largest absolute Gasteiger partial charge is 0.376 e. The summed E-state index contributed by atoms with van der Waals surface area (Å²) in [6.45, 7) is 5.22. The van der Waals surface area contributed by atoms with E-state index in [1.165, 1.54) is 0 Å². The summed E-state index contributed by atoms with van der Waals surface area (Å²) < 4.78 is 5.57. The van der Waals surface area contributed by atoms with E-state index in [0.717, 1.165) is 31.7 Å². The van der Waals surface area contributed by atoms with Gasteiger partial charge in [0.15, 0.2) is 0 Å². The average Bonchev–Trinajstić information content (AvgIpc) is 2.40. The molecular weight excluding hydrogens is 228 g/mol. The molecule has 98 valence electrons. The van der Waals surface area contributed by atoms with Crippen LogP contribution in [-0.2, 0) is 4.74 Å². The molecule has 1 aromatic rings. The van der Waals surface area contributed by atoms with Crippen LogP contribution in [0.2, 0.25) is 0 Å². The number of carbonyl (C=O) groups excluding carboxylic acids is 1. The standard InChI is InChI=1S/C14H20N2O2/c1-11-2-4-12(5-3-11)14(17)16-7-6-13-10-15-8-9-18-13/h2-5,13,15H,6-10H2,1H3,(H,16,17). The minimum Gasteiger partial charge on any atom is -0.376 e. The Bertz CT molecular complexity index is 383. The van der Waals surface area contributed by atoms with Crippen LogP contribution in [0, 0.1) is 6.92 Å². The Kier molecular flexibility index (Phi) is 4.73. The van der Waals surface area contributed by atoms with Crippen LogP contribution < -0.4 is 10.6 Å². The van der Waals surface area contributed by atoms with Gasteiger partial charge in [0.05, 0.1) is 12.7 Å². The van der Waals surface area contributed by atoms with Gasteiger partial charge in [-0.05, 0) is 25.5 Å². The number of benzene rings is 1. The van der Waals surface area contributed by atoms with Crippen molar-refractivity contribution in [1.29, 1.82) is 0 Å². The first-order valence-corrected chi connectivity index (χ1v) is 6.43. The van der Waals surface area contributed by atoms with Gasteiger partial charge in [-0.1, -0.05) is 17.7 Å². The molecule has 18 heavy (non-hydrogen) atoms. The van der Waals surface area contributed by atoms with E-state index in [1.54, 1.807) is 0 Å². The van der Waals surface area contributed by atoms with Crippen molar-refractivity contribution in [3.8, 4) is 0 Å². The van der Waals surface area contributed by atoms with E-state index >= 15 is 0 Å². The molecule has 0 saturated carbocycles. The molecule has 1 amide bonds. The van der Waals surface area contributed by atoms with E-state index in [2.05, 4.69) is 10.6 Å². The normalized spacial score (nSPS) is 19.5. The van der Waals surface area contributed by atoms with Gasteiger partial charge in [0.1, 0.15) is 0 Å². The fourth-order valence-electron chi connectivity index (χ4n) is 1.96. The Morgan fingerprint density at radius 3 is 2.89 bits per heavy atom. The number of nitrogens with one attached hydrogen (secondary N) is 2. The third-order valence-electron chi connectivity index (χ3n) is 3.07. The van der Waals surface area contributed by atoms with Crippen molar-refractivity contribution in [2.45, 2.75) is 19.4 Å². The summed E-state index contributed by atoms with van der Waals surface area (Å²) in [5.41, 5.74) is 1.87. The maximum atomic E-state index is 11.8. The van der Waals surface area contributed by atoms with Crippen LogP contribution in [0.1, 0.15) is 22.3 Å². The summed E-state index contributed by atoms with van der Waals surface area (Å²) in [7, 11) is 0. The fourth-order valence-corrected chi connectivity index (χ4v) is 1.96. The van der Waals surface area contributed by atoms with Gasteiger partial charge < -0.3 is 15.4 Å². The van der Waals surface area contributed by atoms with Crippen LogP contribution in [0.15, 0.2) is 24.3 Å². The molecule has 1 heterocycles. The van der Waals surface area contributed by atoms with Crippen molar-refractivity contribution in [2.24, 2.45) is 0 Å². The molecule has 2 N–H and O–H groups in total. The molecule has 4 heteroatoms. The van der Waals surface area contributed by atoms with Crippen LogP contribution >= 0.6 is 0 Å². The maximum absolute atomic E-state index is 11.8. The summed E-state index contributed by atoms with van der Waals surface area (Å²) >= 11 is 0. The zero-order valence-electron chi connectivity index (χ0n) is 10.7. The van der Waals surface area contributed by atoms with Crippen molar-refractivity contribution < 1.29 is 9.53 Å². The molecule has 1 unspecified atom stereocenters. The first-order chi connectivity index (χ1) is 8.75. The lowest BCUT2D eigenvalue weighted by atomic mass is 10.1. The van der Waals surface area contributed by atoms with Crippen molar-refractivity contribution in [3.63, 3.8) is 0 Å². The van der Waals surface area contributed by atoms with Crippen molar-refractivity contribution >= 4 is 5.91 Å². The minimum absolute atomic E-state index is 0.0150. The highest BCUT2D eigenvalue weighted by molar-refractivity contribution is 5.94. The third-order valence-corrected chi connectivity index (χ3v) is 3.07. The molecule has 4 nitrogen and oxygen atoms in total. The Morgan fingerprint density at radius 2 is 2.22 bits per heavy atom. The molecule has 1 aliphatic heterocycles. The molecule has 2 rings (SSSR count). The summed E-state index contributed by atoms with van der Waals surface area (Å²) in [4.78, 5) is 11.8. The second-order valence-electron chi connectivity index (χ2n) is 4.61. The Balaban J connectivity index is 1.72. The van der Waals surface area contributed by atoms with Gasteiger partial charge >= 0.3 is 0 Å². The van der Waals surface area contributed by atoms with E-state index < -0.39 is 0 Å². The third kappa shape index (κ3) is 3.82. The van der Waals surface area contributed by atoms with Gasteiger partial charge in [0.25, 0.3) is 5.91 Å². The SMILES string of the molecule is Cc1ccc(C(=O)NCCC2CNCCO2)cc1. The average molecular weight is 248 g/mol. The highest BCUT2D eigenvalue weighted by Gasteiger charge is 2.13. The fraction of sp³-hybridized carbons (Fsp3) is 0.500. The summed E-state index contributed by atoms with van der Waals surface area (Å²) in [5, 5.41) is 6.19. The van der Waals surface area contributed by atoms with Crippen molar-refractivity contribution in [2.75, 3.05) is 26.2 Å². The zero-order valence-corrected chi connectivity index (χ0v) is 10.7. The second kappa shape index (κ2) is 6.52. The molecule has 0 bridgehead atoms. The van der Waals surface area contributed by atoms with E-state index in [9.17, 15) is 4.79 Å². The molecule has 0 aliphatic carbocycles. The Morgan fingerprint density at radius 1 is 1.44 bits per heavy atom. The predicted octanol–water partition coefficient (Wildman–Crippen LogP) is 1.10. The van der Waals surface area contributed by atoms with Gasteiger partial charge in [-0.3, -0.25) is 4.79 Å². The molecule has 1 aromatic carbocycles. The van der Waals surface area contributed by atoms with Gasteiger partial charge in [-0.15, -0.1) is 0 Å². The predicted molar refractivity (Wildman–Crippen MR) is 70.7 cm³/mol. The van der Waals surface area contributed by atoms with Crippen molar-refractivity contribution in [1.82, 2.24) is 10.6 Å². The lowest BCUT2D eigenvalue weighted by Crippen LogP contribution is -2.40. The Hall–Kier alpha value is -1.39. The van der Waals surface area contributed by atoms with E-state index in [-0.39, 0.29) is 12.0 Å². The first-order valence-electron chi connectivity index (χ1n) is 6.43. The van der Waals surface area contributed by atoms with Gasteiger partial charge in [-0.25, -0.2) is 0 Å². The lowest BCUT2D eigenvalue weighted by Gasteiger charge is -2.23. The van der Waals surface area contributed by atoms with E-state index in [0.29, 0.717) is 12.1 Å². The molecule has 1 aliphatic rings. The topological polar surface area (TPSA) is 50.4 Å². The lowest BCUT2D eigenvalue weighted by molar-refractivity contribution is 0.0239. The van der Waals surface area contributed by atoms with Crippen LogP contribution in [0.5, 0.6) is 0 Å². The van der Waals surface area contributed by atoms with Gasteiger partial charge in [-0.2, -0.15) is 0 Å². The highest BCUT2D eigenvalue weighted by Crippen LogP contribution is 2.04. The molecule has 1 saturated heterocycles. The van der Waals surface area contributed by atoms with E-state index in [1.807, 2.05) is 31.2 Å². The summed E-state index contributed by atoms with van der Waals surface area (Å²) in [6, 6.07) is 7.60. The molecule has 0 radical (unpaired) electrons. The van der Waals surface area contributed by atoms with Crippen LogP contribution in [0.25, 0.3) is 0 Å². The number of ether oxygens (including phenoxy) is 1. The number of amides is 1. The number of morpholine rings is 1. The minimum atomic E-state index is -0.0150. The number of hydrogen-bond acceptors (Lipinski definition) is 3. The second-order valence-corrected chi connectivity index (χ2v) is 4.61. The molecular formula is C14H20N2O2. The number of rotatable bonds is 4. The number of hydrogen-bond donors (Lipinski definition) is 2. The number of aryl methyl sites for hydroxylation is 1. The maximum Gasteiger partial charge on any atom is 0.251 e. The van der Waals surface area contributed by atoms with Crippen molar-refractivity contribution in [3.05, 3.63) is 35.4 Å². The first kappa shape index (κ1) is 13.1. The van der Waals surface area contributed by atoms with Crippen LogP contribution in [-0.4, -0.2) is 38.3 Å². The summed E-state index contributed by atoms with van der Waals surface area (Å²) in [5.74, 6) is -0.0150. The molecule has 0 spiro atoms. The van der Waals surface area contributed by atoms with Gasteiger partial charge in [0, 0.05) is 25.2 Å². The monoisotopic (exact) mass is 248 g/mol. The highest BCUT2D eigenvalue weighted by atomic mass is 16.5. The van der Waals surface area contributed by atoms with E-state index in [4.69, 9.17) is 4.74 Å². The number of carbonyl (C=O) groups is 1. The zero-order chi connectivity index (χ0) is 12.8.